The summed E-state index contributed by atoms with van der Waals surface area (Å²) in [6, 6.07) is 5.54. The maximum atomic E-state index is 12.1. The normalized spacial score (nSPS) is 14.8. The van der Waals surface area contributed by atoms with E-state index in [9.17, 15) is 14.9 Å². The summed E-state index contributed by atoms with van der Waals surface area (Å²) in [7, 11) is 1.73. The first-order valence-corrected chi connectivity index (χ1v) is 8.31. The van der Waals surface area contributed by atoms with Crippen molar-refractivity contribution in [3.8, 4) is 5.75 Å². The first-order chi connectivity index (χ1) is 12.5. The summed E-state index contributed by atoms with van der Waals surface area (Å²) >= 11 is 0. The molecule has 1 aliphatic rings. The number of nitro benzene ring substituents is 1. The van der Waals surface area contributed by atoms with Crippen molar-refractivity contribution in [1.82, 2.24) is 20.1 Å². The predicted molar refractivity (Wildman–Crippen MR) is 93.1 cm³/mol. The van der Waals surface area contributed by atoms with Crippen molar-refractivity contribution in [3.63, 3.8) is 0 Å². The summed E-state index contributed by atoms with van der Waals surface area (Å²) in [6.45, 7) is 1.65. The van der Waals surface area contributed by atoms with Gasteiger partial charge in [0.05, 0.1) is 4.92 Å². The minimum absolute atomic E-state index is 0.0358. The summed E-state index contributed by atoms with van der Waals surface area (Å²) in [5.74, 6) is 1.40. The smallest absolute Gasteiger partial charge is 0.269 e. The van der Waals surface area contributed by atoms with Gasteiger partial charge in [-0.2, -0.15) is 10.1 Å². The Morgan fingerprint density at radius 1 is 1.38 bits per heavy atom. The van der Waals surface area contributed by atoms with Crippen molar-refractivity contribution in [2.45, 2.75) is 18.8 Å². The minimum Gasteiger partial charge on any atom is -0.484 e. The van der Waals surface area contributed by atoms with Crippen LogP contribution in [0, 0.1) is 10.1 Å². The van der Waals surface area contributed by atoms with Gasteiger partial charge in [0, 0.05) is 25.1 Å². The number of hydrogen-bond acceptors (Lipinski definition) is 7. The highest BCUT2D eigenvalue weighted by molar-refractivity contribution is 5.90. The summed E-state index contributed by atoms with van der Waals surface area (Å²) in [5.41, 5.74) is -0.0358. The molecule has 0 bridgehead atoms. The number of hydrogen-bond donors (Lipinski definition) is 2. The highest BCUT2D eigenvalue weighted by Crippen LogP contribution is 2.23. The number of aryl methyl sites for hydroxylation is 1. The molecule has 0 saturated carbocycles. The molecule has 1 aromatic heterocycles. The fourth-order valence-corrected chi connectivity index (χ4v) is 2.74. The van der Waals surface area contributed by atoms with E-state index >= 15 is 0 Å². The van der Waals surface area contributed by atoms with Crippen LogP contribution in [0.25, 0.3) is 0 Å². The van der Waals surface area contributed by atoms with Crippen LogP contribution >= 0.6 is 0 Å². The van der Waals surface area contributed by atoms with Crippen molar-refractivity contribution in [2.24, 2.45) is 7.05 Å². The second kappa shape index (κ2) is 7.91. The quantitative estimate of drug-likeness (QED) is 0.586. The van der Waals surface area contributed by atoms with E-state index in [4.69, 9.17) is 4.74 Å². The maximum Gasteiger partial charge on any atom is 0.269 e. The topological polar surface area (TPSA) is 124 Å². The van der Waals surface area contributed by atoms with E-state index in [0.29, 0.717) is 17.6 Å². The molecule has 138 valence electrons. The molecular formula is C16H20N6O4. The Bertz CT molecular complexity index is 783. The van der Waals surface area contributed by atoms with Crippen LogP contribution in [-0.2, 0) is 11.8 Å². The molecule has 0 spiro atoms. The van der Waals surface area contributed by atoms with Gasteiger partial charge in [0.1, 0.15) is 5.75 Å². The first kappa shape index (κ1) is 17.8. The third kappa shape index (κ3) is 4.33. The molecule has 1 amide bonds. The van der Waals surface area contributed by atoms with Gasteiger partial charge < -0.3 is 10.1 Å². The fraction of sp³-hybridized carbons (Fsp3) is 0.438. The molecule has 1 saturated heterocycles. The molecule has 1 aromatic carbocycles. The van der Waals surface area contributed by atoms with E-state index in [1.54, 1.807) is 11.7 Å². The standard InChI is InChI=1S/C16H20N6O4/c1-21-16(19-15(20-21)11-6-8-17-9-7-11)18-14(23)10-26-13-4-2-12(3-5-13)22(24)25/h2-5,11,17H,6-10H2,1H3,(H,18,19,20,23). The molecule has 3 rings (SSSR count). The van der Waals surface area contributed by atoms with E-state index in [0.717, 1.165) is 31.8 Å². The minimum atomic E-state index is -0.496. The maximum absolute atomic E-state index is 12.1. The van der Waals surface area contributed by atoms with Crippen LogP contribution in [0.2, 0.25) is 0 Å². The Labute approximate surface area is 149 Å². The largest absolute Gasteiger partial charge is 0.484 e. The summed E-state index contributed by atoms with van der Waals surface area (Å²) in [6.07, 6.45) is 1.95. The van der Waals surface area contributed by atoms with Gasteiger partial charge in [0.15, 0.2) is 12.4 Å². The molecule has 1 aliphatic heterocycles. The van der Waals surface area contributed by atoms with E-state index in [1.807, 2.05) is 0 Å². The van der Waals surface area contributed by atoms with Crippen molar-refractivity contribution in [1.29, 1.82) is 0 Å². The van der Waals surface area contributed by atoms with E-state index in [-0.39, 0.29) is 18.2 Å². The lowest BCUT2D eigenvalue weighted by Gasteiger charge is -2.19. The number of benzene rings is 1. The number of aromatic nitrogens is 3. The molecule has 1 fully saturated rings. The molecule has 2 N–H and O–H groups in total. The first-order valence-electron chi connectivity index (χ1n) is 8.31. The third-order valence-electron chi connectivity index (χ3n) is 4.15. The molecule has 26 heavy (non-hydrogen) atoms. The Morgan fingerprint density at radius 3 is 2.73 bits per heavy atom. The SMILES string of the molecule is Cn1nc(C2CCNCC2)nc1NC(=O)COc1ccc([N+](=O)[O-])cc1. The number of non-ortho nitro benzene ring substituents is 1. The number of nitrogens with one attached hydrogen (secondary N) is 2. The molecule has 0 unspecified atom stereocenters. The predicted octanol–water partition coefficient (Wildman–Crippen LogP) is 1.21. The van der Waals surface area contributed by atoms with Crippen molar-refractivity contribution in [2.75, 3.05) is 25.0 Å². The zero-order valence-corrected chi connectivity index (χ0v) is 14.3. The zero-order valence-electron chi connectivity index (χ0n) is 14.3. The van der Waals surface area contributed by atoms with Gasteiger partial charge in [0.2, 0.25) is 5.95 Å². The van der Waals surface area contributed by atoms with Gasteiger partial charge in [-0.05, 0) is 38.1 Å². The lowest BCUT2D eigenvalue weighted by molar-refractivity contribution is -0.384. The Balaban J connectivity index is 1.54. The van der Waals surface area contributed by atoms with E-state index in [1.165, 1.54) is 24.3 Å². The molecule has 2 aromatic rings. The van der Waals surface area contributed by atoms with Gasteiger partial charge >= 0.3 is 0 Å². The number of ether oxygens (including phenoxy) is 1. The second-order valence-corrected chi connectivity index (χ2v) is 6.03. The molecular weight excluding hydrogens is 340 g/mol. The Kier molecular flexibility index (Phi) is 5.42. The van der Waals surface area contributed by atoms with Crippen molar-refractivity contribution >= 4 is 17.5 Å². The summed E-state index contributed by atoms with van der Waals surface area (Å²) in [5, 5.41) is 21.0. The number of anilines is 1. The number of piperidine rings is 1. The lowest BCUT2D eigenvalue weighted by atomic mass is 9.98. The zero-order chi connectivity index (χ0) is 18.5. The Hall–Kier alpha value is -3.01. The third-order valence-corrected chi connectivity index (χ3v) is 4.15. The monoisotopic (exact) mass is 360 g/mol. The number of amides is 1. The molecule has 0 radical (unpaired) electrons. The number of carbonyl (C=O) groups excluding carboxylic acids is 1. The van der Waals surface area contributed by atoms with Crippen molar-refractivity contribution in [3.05, 3.63) is 40.2 Å². The Morgan fingerprint density at radius 2 is 2.08 bits per heavy atom. The van der Waals surface area contributed by atoms with Gasteiger partial charge in [-0.3, -0.25) is 20.2 Å². The van der Waals surface area contributed by atoms with Gasteiger partial charge in [0.25, 0.3) is 11.6 Å². The molecule has 10 heteroatoms. The van der Waals surface area contributed by atoms with Gasteiger partial charge in [-0.15, -0.1) is 0 Å². The van der Waals surface area contributed by atoms with Crippen LogP contribution in [0.1, 0.15) is 24.6 Å². The summed E-state index contributed by atoms with van der Waals surface area (Å²) in [4.78, 5) is 26.6. The fourth-order valence-electron chi connectivity index (χ4n) is 2.74. The highest BCUT2D eigenvalue weighted by atomic mass is 16.6. The summed E-state index contributed by atoms with van der Waals surface area (Å²) < 4.78 is 6.88. The van der Waals surface area contributed by atoms with Gasteiger partial charge in [-0.25, -0.2) is 4.68 Å². The average molecular weight is 360 g/mol. The molecule has 0 atom stereocenters. The van der Waals surface area contributed by atoms with Crippen LogP contribution in [0.4, 0.5) is 11.6 Å². The number of carbonyl (C=O) groups is 1. The number of nitrogens with zero attached hydrogens (tertiary/aromatic N) is 4. The number of nitro groups is 1. The van der Waals surface area contributed by atoms with E-state index in [2.05, 4.69) is 20.7 Å². The molecule has 2 heterocycles. The number of rotatable bonds is 6. The van der Waals surface area contributed by atoms with E-state index < -0.39 is 4.92 Å². The van der Waals surface area contributed by atoms with Gasteiger partial charge in [-0.1, -0.05) is 0 Å². The second-order valence-electron chi connectivity index (χ2n) is 6.03. The van der Waals surface area contributed by atoms with Crippen LogP contribution < -0.4 is 15.4 Å². The van der Waals surface area contributed by atoms with Crippen LogP contribution in [0.3, 0.4) is 0 Å². The van der Waals surface area contributed by atoms with Crippen LogP contribution in [0.15, 0.2) is 24.3 Å². The van der Waals surface area contributed by atoms with Crippen LogP contribution in [0.5, 0.6) is 5.75 Å². The molecule has 10 nitrogen and oxygen atoms in total. The highest BCUT2D eigenvalue weighted by Gasteiger charge is 2.21. The van der Waals surface area contributed by atoms with Crippen LogP contribution in [-0.4, -0.2) is 45.3 Å². The van der Waals surface area contributed by atoms with Crippen molar-refractivity contribution < 1.29 is 14.5 Å². The average Bonchev–Trinajstić information content (AvgIpc) is 3.01. The lowest BCUT2D eigenvalue weighted by Crippen LogP contribution is -2.27. The molecule has 0 aliphatic carbocycles.